The summed E-state index contributed by atoms with van der Waals surface area (Å²) in [4.78, 5) is 9.75. The van der Waals surface area contributed by atoms with Crippen molar-refractivity contribution < 1.29 is 18.4 Å². The van der Waals surface area contributed by atoms with Gasteiger partial charge in [0.1, 0.15) is 0 Å². The molecule has 0 aromatic heterocycles. The zero-order valence-electron chi connectivity index (χ0n) is 9.03. The van der Waals surface area contributed by atoms with E-state index >= 15 is 0 Å². The van der Waals surface area contributed by atoms with E-state index in [0.29, 0.717) is 0 Å². The van der Waals surface area contributed by atoms with Crippen LogP contribution in [0.2, 0.25) is 0 Å². The molecule has 0 aliphatic carbocycles. The third-order valence-electron chi connectivity index (χ3n) is 2.10. The van der Waals surface area contributed by atoms with E-state index in [0.717, 1.165) is 6.07 Å². The first-order chi connectivity index (χ1) is 7.71. The van der Waals surface area contributed by atoms with Crippen LogP contribution < -0.4 is 5.14 Å². The maximum atomic E-state index is 11.0. The van der Waals surface area contributed by atoms with E-state index in [1.807, 2.05) is 0 Å². The summed E-state index contributed by atoms with van der Waals surface area (Å²) in [6, 6.07) is 3.36. The zero-order valence-corrected chi connectivity index (χ0v) is 9.85. The molecule has 0 aliphatic heterocycles. The van der Waals surface area contributed by atoms with Crippen molar-refractivity contribution in [3.05, 3.63) is 33.9 Å². The van der Waals surface area contributed by atoms with Gasteiger partial charge in [-0.3, -0.25) is 10.1 Å². The number of nitrogens with two attached hydrogens (primary N) is 1. The quantitative estimate of drug-likeness (QED) is 0.589. The monoisotopic (exact) mass is 260 g/mol. The van der Waals surface area contributed by atoms with E-state index in [-0.39, 0.29) is 22.6 Å². The third-order valence-corrected chi connectivity index (χ3v) is 3.01. The fourth-order valence-electron chi connectivity index (χ4n) is 1.38. The Balaban J connectivity index is 3.32. The highest BCUT2D eigenvalue weighted by Gasteiger charge is 2.19. The summed E-state index contributed by atoms with van der Waals surface area (Å²) in [5.74, 6) is 0. The molecule has 1 aromatic rings. The highest BCUT2D eigenvalue weighted by atomic mass is 32.2. The van der Waals surface area contributed by atoms with E-state index in [4.69, 9.17) is 5.14 Å². The van der Waals surface area contributed by atoms with E-state index < -0.39 is 21.1 Å². The molecule has 1 aromatic carbocycles. The molecule has 0 saturated carbocycles. The number of hydrogen-bond acceptors (Lipinski definition) is 5. The van der Waals surface area contributed by atoms with E-state index in [1.165, 1.54) is 19.1 Å². The summed E-state index contributed by atoms with van der Waals surface area (Å²) in [6.07, 6.45) is -0.685. The van der Waals surface area contributed by atoms with Crippen LogP contribution in [-0.4, -0.2) is 24.6 Å². The second-order valence-corrected chi connectivity index (χ2v) is 5.21. The largest absolute Gasteiger partial charge is 0.393 e. The van der Waals surface area contributed by atoms with Gasteiger partial charge in [-0.25, -0.2) is 13.6 Å². The molecule has 0 saturated heterocycles. The van der Waals surface area contributed by atoms with Crippen molar-refractivity contribution in [2.45, 2.75) is 24.3 Å². The molecule has 0 bridgehead atoms. The maximum absolute atomic E-state index is 11.0. The normalized spacial score (nSPS) is 13.4. The minimum Gasteiger partial charge on any atom is -0.393 e. The fourth-order valence-corrected chi connectivity index (χ4v) is 1.92. The summed E-state index contributed by atoms with van der Waals surface area (Å²) < 4.78 is 22.1. The lowest BCUT2D eigenvalue weighted by molar-refractivity contribution is -0.385. The number of primary sulfonamides is 1. The molecule has 1 rings (SSSR count). The molecule has 17 heavy (non-hydrogen) atoms. The van der Waals surface area contributed by atoms with Crippen LogP contribution in [0.25, 0.3) is 0 Å². The lowest BCUT2D eigenvalue weighted by Gasteiger charge is -2.06. The number of nitro benzene ring substituents is 1. The number of hydrogen-bond donors (Lipinski definition) is 2. The SMILES string of the molecule is CC(O)Cc1ccc(S(N)(=O)=O)cc1[N+](=O)[O-]. The van der Waals surface area contributed by atoms with E-state index in [9.17, 15) is 23.6 Å². The summed E-state index contributed by atoms with van der Waals surface area (Å²) in [5.41, 5.74) is -0.102. The van der Waals surface area contributed by atoms with E-state index in [2.05, 4.69) is 0 Å². The lowest BCUT2D eigenvalue weighted by Crippen LogP contribution is -2.13. The molecule has 8 heteroatoms. The highest BCUT2D eigenvalue weighted by Crippen LogP contribution is 2.23. The fraction of sp³-hybridized carbons (Fsp3) is 0.333. The first-order valence-corrected chi connectivity index (χ1v) is 6.24. The van der Waals surface area contributed by atoms with Gasteiger partial charge >= 0.3 is 0 Å². The van der Waals surface area contributed by atoms with E-state index in [1.54, 1.807) is 0 Å². The molecule has 0 aliphatic rings. The zero-order chi connectivity index (χ0) is 13.2. The number of benzene rings is 1. The Morgan fingerprint density at radius 1 is 1.53 bits per heavy atom. The summed E-state index contributed by atoms with van der Waals surface area (Å²) in [7, 11) is -3.97. The van der Waals surface area contributed by atoms with Crippen molar-refractivity contribution in [2.75, 3.05) is 0 Å². The average molecular weight is 260 g/mol. The van der Waals surface area contributed by atoms with Crippen LogP contribution in [0.4, 0.5) is 5.69 Å². The Labute approximate surface area is 98.1 Å². The second-order valence-electron chi connectivity index (χ2n) is 3.65. The van der Waals surface area contributed by atoms with Gasteiger partial charge in [0.05, 0.1) is 15.9 Å². The predicted octanol–water partition coefficient (Wildman–Crippen LogP) is 0.166. The first-order valence-electron chi connectivity index (χ1n) is 4.70. The van der Waals surface area contributed by atoms with Gasteiger partial charge in [-0.05, 0) is 13.0 Å². The number of nitro groups is 1. The van der Waals surface area contributed by atoms with Crippen molar-refractivity contribution in [1.29, 1.82) is 0 Å². The average Bonchev–Trinajstić information content (AvgIpc) is 2.15. The standard InChI is InChI=1S/C9H12N2O5S/c1-6(12)4-7-2-3-8(17(10,15)16)5-9(7)11(13)14/h2-3,5-6,12H,4H2,1H3,(H2,10,15,16). The number of nitrogens with zero attached hydrogens (tertiary/aromatic N) is 1. The Morgan fingerprint density at radius 3 is 2.53 bits per heavy atom. The number of aliphatic hydroxyl groups excluding tert-OH is 1. The Hall–Kier alpha value is -1.51. The molecule has 1 unspecified atom stereocenters. The highest BCUT2D eigenvalue weighted by molar-refractivity contribution is 7.89. The minimum atomic E-state index is -3.97. The number of rotatable bonds is 4. The lowest BCUT2D eigenvalue weighted by atomic mass is 10.1. The molecule has 0 amide bonds. The number of aliphatic hydroxyl groups is 1. The Kier molecular flexibility index (Phi) is 3.81. The molecule has 1 atom stereocenters. The Morgan fingerprint density at radius 2 is 2.12 bits per heavy atom. The predicted molar refractivity (Wildman–Crippen MR) is 59.9 cm³/mol. The summed E-state index contributed by atoms with van der Waals surface area (Å²) >= 11 is 0. The molecule has 0 radical (unpaired) electrons. The van der Waals surface area contributed by atoms with Crippen LogP contribution in [0.15, 0.2) is 23.1 Å². The third kappa shape index (κ3) is 3.48. The van der Waals surface area contributed by atoms with Crippen LogP contribution in [0.5, 0.6) is 0 Å². The van der Waals surface area contributed by atoms with Crippen LogP contribution in [0.1, 0.15) is 12.5 Å². The van der Waals surface area contributed by atoms with Gasteiger partial charge in [-0.15, -0.1) is 0 Å². The van der Waals surface area contributed by atoms with Gasteiger partial charge in [0, 0.05) is 18.1 Å². The van der Waals surface area contributed by atoms with Gasteiger partial charge in [0.25, 0.3) is 5.69 Å². The van der Waals surface area contributed by atoms with Crippen molar-refractivity contribution in [1.82, 2.24) is 0 Å². The topological polar surface area (TPSA) is 124 Å². The van der Waals surface area contributed by atoms with Crippen LogP contribution in [-0.2, 0) is 16.4 Å². The summed E-state index contributed by atoms with van der Waals surface area (Å²) in [5, 5.41) is 24.8. The molecule has 0 heterocycles. The molecule has 7 nitrogen and oxygen atoms in total. The second kappa shape index (κ2) is 4.78. The van der Waals surface area contributed by atoms with Gasteiger partial charge in [0.15, 0.2) is 0 Å². The number of sulfonamides is 1. The molecule has 0 fully saturated rings. The van der Waals surface area contributed by atoms with Crippen molar-refractivity contribution in [2.24, 2.45) is 5.14 Å². The molecular weight excluding hydrogens is 248 g/mol. The van der Waals surface area contributed by atoms with Gasteiger partial charge < -0.3 is 5.11 Å². The van der Waals surface area contributed by atoms with Crippen molar-refractivity contribution in [3.63, 3.8) is 0 Å². The molecule has 3 N–H and O–H groups in total. The minimum absolute atomic E-state index is 0.0706. The van der Waals surface area contributed by atoms with Crippen LogP contribution in [0, 0.1) is 10.1 Å². The molecule has 0 spiro atoms. The smallest absolute Gasteiger partial charge is 0.274 e. The Bertz CT molecular complexity index is 538. The summed E-state index contributed by atoms with van der Waals surface area (Å²) in [6.45, 7) is 1.48. The van der Waals surface area contributed by atoms with Gasteiger partial charge in [-0.1, -0.05) is 6.07 Å². The first kappa shape index (κ1) is 13.6. The van der Waals surface area contributed by atoms with Crippen molar-refractivity contribution in [3.8, 4) is 0 Å². The van der Waals surface area contributed by atoms with Crippen molar-refractivity contribution >= 4 is 15.7 Å². The molecule has 94 valence electrons. The maximum Gasteiger partial charge on any atom is 0.274 e. The molecular formula is C9H12N2O5S. The van der Waals surface area contributed by atoms with Gasteiger partial charge in [-0.2, -0.15) is 0 Å². The van der Waals surface area contributed by atoms with Crippen LogP contribution in [0.3, 0.4) is 0 Å². The van der Waals surface area contributed by atoms with Crippen LogP contribution >= 0.6 is 0 Å². The van der Waals surface area contributed by atoms with Gasteiger partial charge in [0.2, 0.25) is 10.0 Å².